The first-order chi connectivity index (χ1) is 19.2. The molecule has 2 amide bonds. The Morgan fingerprint density at radius 2 is 1.77 bits per heavy atom. The lowest BCUT2D eigenvalue weighted by Crippen LogP contribution is -2.57. The van der Waals surface area contributed by atoms with Gasteiger partial charge < -0.3 is 24.4 Å². The van der Waals surface area contributed by atoms with Crippen molar-refractivity contribution in [2.45, 2.75) is 50.5 Å². The van der Waals surface area contributed by atoms with Crippen molar-refractivity contribution in [2.24, 2.45) is 11.8 Å². The van der Waals surface area contributed by atoms with Crippen LogP contribution in [0.1, 0.15) is 36.1 Å². The fourth-order valence-corrected chi connectivity index (χ4v) is 7.02. The van der Waals surface area contributed by atoms with Crippen LogP contribution in [0.15, 0.2) is 72.8 Å². The Hall–Kier alpha value is -3.75. The summed E-state index contributed by atoms with van der Waals surface area (Å²) < 4.78 is 12.4. The van der Waals surface area contributed by atoms with Crippen LogP contribution in [0.4, 0.5) is 5.69 Å². The van der Waals surface area contributed by atoms with E-state index in [0.29, 0.717) is 12.0 Å². The van der Waals surface area contributed by atoms with Gasteiger partial charge in [0.05, 0.1) is 30.8 Å². The molecule has 4 aliphatic rings. The molecule has 1 spiro atoms. The number of ether oxygens (including phenoxy) is 2. The number of anilines is 1. The molecule has 2 aromatic carbocycles. The van der Waals surface area contributed by atoms with Gasteiger partial charge in [-0.3, -0.25) is 14.4 Å². The number of cyclic esters (lactones) is 1. The number of nitrogens with zero attached hydrogens (tertiary/aromatic N) is 2. The molecule has 4 heterocycles. The van der Waals surface area contributed by atoms with E-state index >= 15 is 0 Å². The predicted octanol–water partition coefficient (Wildman–Crippen LogP) is 3.41. The van der Waals surface area contributed by atoms with Crippen LogP contribution in [-0.4, -0.2) is 64.8 Å². The van der Waals surface area contributed by atoms with Gasteiger partial charge in [0.15, 0.2) is 0 Å². The minimum absolute atomic E-state index is 0.210. The number of aliphatic hydroxyl groups excluding tert-OH is 1. The summed E-state index contributed by atoms with van der Waals surface area (Å²) in [6, 6.07) is 13.2. The summed E-state index contributed by atoms with van der Waals surface area (Å²) in [5.41, 5.74) is 0.777. The highest BCUT2D eigenvalue weighted by molar-refractivity contribution is 6.06. The molecular formula is C32H34N2O6. The Kier molecular flexibility index (Phi) is 6.43. The maximum atomic E-state index is 14.8. The highest BCUT2D eigenvalue weighted by Gasteiger charge is 2.75. The van der Waals surface area contributed by atoms with E-state index in [0.717, 1.165) is 16.8 Å². The van der Waals surface area contributed by atoms with Crippen molar-refractivity contribution < 1.29 is 29.0 Å². The second-order valence-corrected chi connectivity index (χ2v) is 11.4. The molecule has 208 valence electrons. The zero-order valence-corrected chi connectivity index (χ0v) is 22.9. The number of hydrogen-bond acceptors (Lipinski definition) is 6. The van der Waals surface area contributed by atoms with Crippen LogP contribution in [0.25, 0.3) is 0 Å². The van der Waals surface area contributed by atoms with E-state index in [9.17, 15) is 19.5 Å². The number of fused-ring (bicyclic) bond motifs is 2. The van der Waals surface area contributed by atoms with E-state index in [4.69, 9.17) is 9.47 Å². The van der Waals surface area contributed by atoms with Gasteiger partial charge in [-0.1, -0.05) is 66.8 Å². The second-order valence-electron chi connectivity index (χ2n) is 11.4. The maximum Gasteiger partial charge on any atom is 0.313 e. The first-order valence-electron chi connectivity index (χ1n) is 13.8. The number of rotatable bonds is 4. The molecule has 2 fully saturated rings. The van der Waals surface area contributed by atoms with Gasteiger partial charge in [-0.25, -0.2) is 0 Å². The molecule has 1 unspecified atom stereocenters. The Bertz CT molecular complexity index is 1420. The van der Waals surface area contributed by atoms with Crippen LogP contribution in [0.2, 0.25) is 0 Å². The standard InChI is InChI=1S/C32H34N2O6/c1-20-12-13-21(2)23(18-20)33-16-9-15-32-25(26-30(38)39-17-8-7-14-31(26,3)40-32)28(36)34(27(32)29(33)37)24(19-35)22-10-5-4-6-11-22/h4-7,9-15,18,24-27,35H,8,16-17,19H2,1-3H3/t24-,25+,26-,27?,31+,32+/m1/s1. The number of carbonyl (C=O) groups excluding carboxylic acids is 3. The van der Waals surface area contributed by atoms with Crippen LogP contribution >= 0.6 is 0 Å². The van der Waals surface area contributed by atoms with Crippen molar-refractivity contribution in [3.63, 3.8) is 0 Å². The number of aryl methyl sites for hydroxylation is 2. The molecule has 8 nitrogen and oxygen atoms in total. The highest BCUT2D eigenvalue weighted by atomic mass is 16.6. The second kappa shape index (κ2) is 9.71. The molecule has 40 heavy (non-hydrogen) atoms. The molecule has 0 radical (unpaired) electrons. The summed E-state index contributed by atoms with van der Waals surface area (Å²) in [6.45, 7) is 5.79. The molecule has 4 aliphatic heterocycles. The van der Waals surface area contributed by atoms with Gasteiger partial charge in [0, 0.05) is 12.2 Å². The van der Waals surface area contributed by atoms with Crippen LogP contribution in [0, 0.1) is 25.7 Å². The molecule has 6 rings (SSSR count). The minimum atomic E-state index is -1.43. The van der Waals surface area contributed by atoms with E-state index in [-0.39, 0.29) is 19.1 Å². The third kappa shape index (κ3) is 3.84. The van der Waals surface area contributed by atoms with Gasteiger partial charge in [-0.2, -0.15) is 0 Å². The van der Waals surface area contributed by atoms with Crippen molar-refractivity contribution in [2.75, 3.05) is 24.7 Å². The molecule has 0 saturated carbocycles. The zero-order valence-electron chi connectivity index (χ0n) is 22.9. The van der Waals surface area contributed by atoms with E-state index in [1.165, 1.54) is 4.90 Å². The number of carbonyl (C=O) groups is 3. The Morgan fingerprint density at radius 1 is 1.00 bits per heavy atom. The molecule has 2 saturated heterocycles. The summed E-state index contributed by atoms with van der Waals surface area (Å²) in [5, 5.41) is 10.7. The Morgan fingerprint density at radius 3 is 2.52 bits per heavy atom. The number of likely N-dealkylation sites (tertiary alicyclic amines) is 1. The summed E-state index contributed by atoms with van der Waals surface area (Å²) in [6.07, 6.45) is 7.94. The molecule has 8 heteroatoms. The predicted molar refractivity (Wildman–Crippen MR) is 148 cm³/mol. The molecule has 0 bridgehead atoms. The van der Waals surface area contributed by atoms with Crippen LogP contribution in [0.3, 0.4) is 0 Å². The third-order valence-electron chi connectivity index (χ3n) is 8.81. The number of esters is 1. The Balaban J connectivity index is 1.56. The minimum Gasteiger partial charge on any atom is -0.465 e. The van der Waals surface area contributed by atoms with E-state index in [1.807, 2.05) is 80.6 Å². The lowest BCUT2D eigenvalue weighted by atomic mass is 9.74. The van der Waals surface area contributed by atoms with Gasteiger partial charge >= 0.3 is 5.97 Å². The average Bonchev–Trinajstić information content (AvgIpc) is 3.25. The highest BCUT2D eigenvalue weighted by Crippen LogP contribution is 2.58. The summed E-state index contributed by atoms with van der Waals surface area (Å²) in [4.78, 5) is 46.0. The quantitative estimate of drug-likeness (QED) is 0.470. The SMILES string of the molecule is Cc1ccc(C)c(N2CC=C[C@]34O[C@@]5(C)C=CCCOC(=O)[C@H]5[C@H]3C(=O)N([C@H](CO)c3ccccc3)C4C2=O)c1. The Labute approximate surface area is 233 Å². The molecule has 0 aromatic heterocycles. The molecule has 0 aliphatic carbocycles. The smallest absolute Gasteiger partial charge is 0.313 e. The molecule has 1 N–H and O–H groups in total. The largest absolute Gasteiger partial charge is 0.465 e. The van der Waals surface area contributed by atoms with Crippen molar-refractivity contribution >= 4 is 23.5 Å². The van der Waals surface area contributed by atoms with Crippen molar-refractivity contribution in [1.29, 1.82) is 0 Å². The average molecular weight is 543 g/mol. The van der Waals surface area contributed by atoms with Crippen molar-refractivity contribution in [3.8, 4) is 0 Å². The van der Waals surface area contributed by atoms with Crippen LogP contribution < -0.4 is 4.90 Å². The van der Waals surface area contributed by atoms with Gasteiger partial charge in [0.1, 0.15) is 17.6 Å². The van der Waals surface area contributed by atoms with Gasteiger partial charge in [-0.15, -0.1) is 0 Å². The van der Waals surface area contributed by atoms with Crippen molar-refractivity contribution in [3.05, 3.63) is 89.5 Å². The number of benzene rings is 2. The summed E-state index contributed by atoms with van der Waals surface area (Å²) >= 11 is 0. The maximum absolute atomic E-state index is 14.8. The van der Waals surface area contributed by atoms with Gasteiger partial charge in [-0.05, 0) is 49.9 Å². The van der Waals surface area contributed by atoms with E-state index in [2.05, 4.69) is 0 Å². The topological polar surface area (TPSA) is 96.4 Å². The lowest BCUT2D eigenvalue weighted by Gasteiger charge is -2.40. The fourth-order valence-electron chi connectivity index (χ4n) is 7.02. The van der Waals surface area contributed by atoms with Crippen LogP contribution in [0.5, 0.6) is 0 Å². The van der Waals surface area contributed by atoms with Gasteiger partial charge in [0.2, 0.25) is 5.91 Å². The zero-order chi connectivity index (χ0) is 28.2. The monoisotopic (exact) mass is 542 g/mol. The number of hydrogen-bond donors (Lipinski definition) is 1. The molecule has 2 aromatic rings. The van der Waals surface area contributed by atoms with Crippen molar-refractivity contribution in [1.82, 2.24) is 4.90 Å². The van der Waals surface area contributed by atoms with E-state index in [1.54, 1.807) is 17.9 Å². The third-order valence-corrected chi connectivity index (χ3v) is 8.81. The fraction of sp³-hybridized carbons (Fsp3) is 0.406. The lowest BCUT2D eigenvalue weighted by molar-refractivity contribution is -0.160. The van der Waals surface area contributed by atoms with E-state index < -0.39 is 53.6 Å². The van der Waals surface area contributed by atoms with Crippen LogP contribution in [-0.2, 0) is 23.9 Å². The normalized spacial score (nSPS) is 32.1. The first kappa shape index (κ1) is 26.5. The molecular weight excluding hydrogens is 508 g/mol. The van der Waals surface area contributed by atoms with Gasteiger partial charge in [0.25, 0.3) is 5.91 Å². The summed E-state index contributed by atoms with van der Waals surface area (Å²) in [7, 11) is 0. The number of aliphatic hydroxyl groups is 1. The number of amides is 2. The molecule has 6 atom stereocenters. The first-order valence-corrected chi connectivity index (χ1v) is 13.8. The summed E-state index contributed by atoms with van der Waals surface area (Å²) in [5.74, 6) is -3.20.